The van der Waals surface area contributed by atoms with Gasteiger partial charge in [0.2, 0.25) is 11.8 Å². The molecular weight excluding hydrogens is 268 g/mol. The van der Waals surface area contributed by atoms with Gasteiger partial charge in [0.25, 0.3) is 0 Å². The van der Waals surface area contributed by atoms with Gasteiger partial charge in [0, 0.05) is 7.11 Å². The van der Waals surface area contributed by atoms with Crippen LogP contribution in [0.2, 0.25) is 0 Å². The molecule has 1 heterocycles. The van der Waals surface area contributed by atoms with Crippen molar-refractivity contribution in [3.05, 3.63) is 0 Å². The van der Waals surface area contributed by atoms with E-state index in [0.29, 0.717) is 13.0 Å². The molecule has 1 aliphatic carbocycles. The maximum atomic E-state index is 12.8. The number of piperazine rings is 1. The second kappa shape index (κ2) is 6.34. The van der Waals surface area contributed by atoms with E-state index in [9.17, 15) is 9.59 Å². The van der Waals surface area contributed by atoms with Gasteiger partial charge in [-0.3, -0.25) is 9.59 Å². The summed E-state index contributed by atoms with van der Waals surface area (Å²) in [5, 5.41) is 2.90. The third-order valence-electron chi connectivity index (χ3n) is 4.87. The highest BCUT2D eigenvalue weighted by Gasteiger charge is 2.47. The zero-order valence-electron chi connectivity index (χ0n) is 13.6. The molecule has 0 radical (unpaired) electrons. The van der Waals surface area contributed by atoms with Crippen molar-refractivity contribution in [1.29, 1.82) is 0 Å². The molecule has 0 aromatic carbocycles. The maximum Gasteiger partial charge on any atom is 0.245 e. The Morgan fingerprint density at radius 3 is 2.48 bits per heavy atom. The largest absolute Gasteiger partial charge is 0.376 e. The van der Waals surface area contributed by atoms with Gasteiger partial charge in [-0.1, -0.05) is 27.2 Å². The van der Waals surface area contributed by atoms with Crippen LogP contribution in [0.4, 0.5) is 0 Å². The zero-order valence-corrected chi connectivity index (χ0v) is 13.6. The summed E-state index contributed by atoms with van der Waals surface area (Å²) < 4.78 is 5.66. The number of carbonyl (C=O) groups excluding carboxylic acids is 2. The minimum atomic E-state index is -0.377. The molecule has 1 aliphatic heterocycles. The first-order chi connectivity index (χ1) is 9.94. The van der Waals surface area contributed by atoms with Crippen molar-refractivity contribution in [3.63, 3.8) is 0 Å². The summed E-state index contributed by atoms with van der Waals surface area (Å²) >= 11 is 0. The van der Waals surface area contributed by atoms with Crippen LogP contribution >= 0.6 is 0 Å². The van der Waals surface area contributed by atoms with Gasteiger partial charge in [0.1, 0.15) is 12.1 Å². The van der Waals surface area contributed by atoms with Crippen LogP contribution in [-0.4, -0.2) is 48.1 Å². The van der Waals surface area contributed by atoms with Crippen LogP contribution in [0.3, 0.4) is 0 Å². The lowest BCUT2D eigenvalue weighted by molar-refractivity contribution is -0.161. The van der Waals surface area contributed by atoms with Crippen molar-refractivity contribution in [2.24, 2.45) is 5.92 Å². The van der Waals surface area contributed by atoms with Gasteiger partial charge < -0.3 is 15.0 Å². The van der Waals surface area contributed by atoms with Gasteiger partial charge in [0.05, 0.1) is 12.1 Å². The Morgan fingerprint density at radius 2 is 2.05 bits per heavy atom. The van der Waals surface area contributed by atoms with E-state index >= 15 is 0 Å². The molecule has 2 amide bonds. The molecule has 1 saturated heterocycles. The molecule has 2 fully saturated rings. The summed E-state index contributed by atoms with van der Waals surface area (Å²) in [6.07, 6.45) is 4.65. The molecule has 120 valence electrons. The van der Waals surface area contributed by atoms with Crippen LogP contribution in [0.5, 0.6) is 0 Å². The van der Waals surface area contributed by atoms with Crippen molar-refractivity contribution < 1.29 is 14.3 Å². The van der Waals surface area contributed by atoms with Gasteiger partial charge >= 0.3 is 0 Å². The normalized spacial score (nSPS) is 28.5. The van der Waals surface area contributed by atoms with Gasteiger partial charge in [-0.25, -0.2) is 0 Å². The molecule has 1 N–H and O–H groups in total. The van der Waals surface area contributed by atoms with Crippen molar-refractivity contribution >= 4 is 11.8 Å². The van der Waals surface area contributed by atoms with E-state index in [-0.39, 0.29) is 35.4 Å². The predicted molar refractivity (Wildman–Crippen MR) is 80.8 cm³/mol. The first kappa shape index (κ1) is 16.3. The topological polar surface area (TPSA) is 58.6 Å². The summed E-state index contributed by atoms with van der Waals surface area (Å²) in [7, 11) is 1.71. The minimum absolute atomic E-state index is 0.0198. The van der Waals surface area contributed by atoms with Crippen molar-refractivity contribution in [3.8, 4) is 0 Å². The lowest BCUT2D eigenvalue weighted by atomic mass is 9.78. The van der Waals surface area contributed by atoms with Gasteiger partial charge in [-0.2, -0.15) is 0 Å². The minimum Gasteiger partial charge on any atom is -0.376 e. The smallest absolute Gasteiger partial charge is 0.245 e. The molecule has 0 aromatic rings. The number of amides is 2. The lowest BCUT2D eigenvalue weighted by Gasteiger charge is -2.48. The van der Waals surface area contributed by atoms with Gasteiger partial charge in [-0.15, -0.1) is 0 Å². The van der Waals surface area contributed by atoms with Crippen molar-refractivity contribution in [2.45, 2.75) is 70.6 Å². The molecule has 0 bridgehead atoms. The molecule has 21 heavy (non-hydrogen) atoms. The summed E-state index contributed by atoms with van der Waals surface area (Å²) in [4.78, 5) is 27.0. The summed E-state index contributed by atoms with van der Waals surface area (Å²) in [5.74, 6) is 0.137. The second-order valence-electron chi connectivity index (χ2n) is 6.75. The number of ether oxygens (including phenoxy) is 1. The van der Waals surface area contributed by atoms with E-state index in [4.69, 9.17) is 4.74 Å². The Labute approximate surface area is 127 Å². The van der Waals surface area contributed by atoms with E-state index < -0.39 is 0 Å². The summed E-state index contributed by atoms with van der Waals surface area (Å²) in [5.41, 5.74) is -0.239. The fourth-order valence-electron chi connectivity index (χ4n) is 3.43. The van der Waals surface area contributed by atoms with Crippen LogP contribution < -0.4 is 5.32 Å². The summed E-state index contributed by atoms with van der Waals surface area (Å²) in [6, 6.07) is -0.746. The van der Waals surface area contributed by atoms with E-state index in [2.05, 4.69) is 5.32 Å². The number of hydrogen-bond acceptors (Lipinski definition) is 3. The average Bonchev–Trinajstić information content (AvgIpc) is 2.38. The molecule has 2 aliphatic rings. The Balaban J connectivity index is 2.21. The van der Waals surface area contributed by atoms with Crippen LogP contribution in [0.15, 0.2) is 0 Å². The second-order valence-corrected chi connectivity index (χ2v) is 6.75. The monoisotopic (exact) mass is 296 g/mol. The standard InChI is InChI=1S/C16H28N2O3/c1-5-7-12-15(20)18(10-16(21-4)8-6-9-16)13(11(2)3)14(19)17-12/h11-13H,5-10H2,1-4H3,(H,17,19). The molecular formula is C16H28N2O3. The van der Waals surface area contributed by atoms with E-state index in [1.54, 1.807) is 12.0 Å². The van der Waals surface area contributed by atoms with E-state index in [1.807, 2.05) is 20.8 Å². The Morgan fingerprint density at radius 1 is 1.38 bits per heavy atom. The first-order valence-electron chi connectivity index (χ1n) is 8.10. The van der Waals surface area contributed by atoms with Crippen molar-refractivity contribution in [2.75, 3.05) is 13.7 Å². The third kappa shape index (κ3) is 3.07. The van der Waals surface area contributed by atoms with Crippen LogP contribution in [0.25, 0.3) is 0 Å². The molecule has 5 nitrogen and oxygen atoms in total. The number of methoxy groups -OCH3 is 1. The van der Waals surface area contributed by atoms with Gasteiger partial charge in [0.15, 0.2) is 0 Å². The third-order valence-corrected chi connectivity index (χ3v) is 4.87. The molecule has 0 spiro atoms. The predicted octanol–water partition coefficient (Wildman–Crippen LogP) is 1.71. The molecule has 1 saturated carbocycles. The fourth-order valence-corrected chi connectivity index (χ4v) is 3.43. The Kier molecular flexibility index (Phi) is 4.91. The van der Waals surface area contributed by atoms with Crippen molar-refractivity contribution in [1.82, 2.24) is 10.2 Å². The Bertz CT molecular complexity index is 399. The number of carbonyl (C=O) groups is 2. The highest BCUT2D eigenvalue weighted by molar-refractivity contribution is 5.97. The fraction of sp³-hybridized carbons (Fsp3) is 0.875. The van der Waals surface area contributed by atoms with E-state index in [1.165, 1.54) is 0 Å². The molecule has 2 rings (SSSR count). The van der Waals surface area contributed by atoms with Crippen LogP contribution in [0.1, 0.15) is 52.9 Å². The SMILES string of the molecule is CCCC1NC(=O)C(C(C)C)N(CC2(OC)CCC2)C1=O. The number of rotatable bonds is 6. The quantitative estimate of drug-likeness (QED) is 0.812. The van der Waals surface area contributed by atoms with Crippen LogP contribution in [-0.2, 0) is 14.3 Å². The number of nitrogens with one attached hydrogen (secondary N) is 1. The lowest BCUT2D eigenvalue weighted by Crippen LogP contribution is -2.67. The highest BCUT2D eigenvalue weighted by Crippen LogP contribution is 2.37. The number of hydrogen-bond donors (Lipinski definition) is 1. The number of nitrogens with zero attached hydrogens (tertiary/aromatic N) is 1. The first-order valence-corrected chi connectivity index (χ1v) is 8.10. The average molecular weight is 296 g/mol. The maximum absolute atomic E-state index is 12.8. The Hall–Kier alpha value is -1.10. The highest BCUT2D eigenvalue weighted by atomic mass is 16.5. The molecule has 0 aromatic heterocycles. The van der Waals surface area contributed by atoms with E-state index in [0.717, 1.165) is 25.7 Å². The summed E-state index contributed by atoms with van der Waals surface area (Å²) in [6.45, 7) is 6.55. The molecule has 2 atom stereocenters. The zero-order chi connectivity index (χ0) is 15.6. The molecule has 5 heteroatoms. The van der Waals surface area contributed by atoms with Gasteiger partial charge in [-0.05, 0) is 31.6 Å². The molecule has 2 unspecified atom stereocenters. The van der Waals surface area contributed by atoms with Crippen LogP contribution in [0, 0.1) is 5.92 Å².